The topological polar surface area (TPSA) is 32.8 Å². The van der Waals surface area contributed by atoms with Gasteiger partial charge in [0.15, 0.2) is 0 Å². The molecule has 1 aromatic carbocycles. The van der Waals surface area contributed by atoms with Crippen LogP contribution < -0.4 is 0 Å². The van der Waals surface area contributed by atoms with Gasteiger partial charge in [-0.05, 0) is 31.4 Å². The summed E-state index contributed by atoms with van der Waals surface area (Å²) in [5.41, 5.74) is 1.39. The molecule has 2 saturated heterocycles. The van der Waals surface area contributed by atoms with E-state index in [1.54, 1.807) is 0 Å². The summed E-state index contributed by atoms with van der Waals surface area (Å²) in [6.45, 7) is 5.03. The van der Waals surface area contributed by atoms with Crippen molar-refractivity contribution < 1.29 is 9.53 Å². The molecule has 21 heavy (non-hydrogen) atoms. The van der Waals surface area contributed by atoms with Crippen molar-refractivity contribution in [3.8, 4) is 0 Å². The number of carbonyl (C=O) groups is 1. The molecule has 2 heterocycles. The zero-order valence-electron chi connectivity index (χ0n) is 13.0. The van der Waals surface area contributed by atoms with Gasteiger partial charge in [0, 0.05) is 25.7 Å². The SMILES string of the molecule is COC(=O)[C@H](C)N1C[C@@H]2CN(C)[C@H](c3ccccc3)[C@@H]2C1. The van der Waals surface area contributed by atoms with Crippen LogP contribution in [0.2, 0.25) is 0 Å². The van der Waals surface area contributed by atoms with Crippen LogP contribution in [0.3, 0.4) is 0 Å². The first-order valence-electron chi connectivity index (χ1n) is 7.69. The summed E-state index contributed by atoms with van der Waals surface area (Å²) in [5.74, 6) is 1.12. The lowest BCUT2D eigenvalue weighted by Crippen LogP contribution is -2.40. The van der Waals surface area contributed by atoms with E-state index in [1.807, 2.05) is 6.92 Å². The van der Waals surface area contributed by atoms with Gasteiger partial charge < -0.3 is 4.74 Å². The molecule has 0 N–H and O–H groups in total. The maximum absolute atomic E-state index is 11.8. The highest BCUT2D eigenvalue weighted by Gasteiger charge is 2.47. The van der Waals surface area contributed by atoms with Gasteiger partial charge in [0.05, 0.1) is 7.11 Å². The number of likely N-dealkylation sites (tertiary alicyclic amines) is 2. The molecule has 2 aliphatic heterocycles. The zero-order chi connectivity index (χ0) is 15.0. The Bertz CT molecular complexity index is 505. The van der Waals surface area contributed by atoms with E-state index in [0.717, 1.165) is 19.6 Å². The molecule has 0 spiro atoms. The minimum absolute atomic E-state index is 0.125. The van der Waals surface area contributed by atoms with Gasteiger partial charge in [-0.15, -0.1) is 0 Å². The van der Waals surface area contributed by atoms with E-state index in [4.69, 9.17) is 4.74 Å². The third-order valence-corrected chi connectivity index (χ3v) is 5.15. The second kappa shape index (κ2) is 5.78. The van der Waals surface area contributed by atoms with Crippen LogP contribution in [0.4, 0.5) is 0 Å². The molecule has 0 unspecified atom stereocenters. The fourth-order valence-electron chi connectivity index (χ4n) is 4.08. The van der Waals surface area contributed by atoms with Gasteiger partial charge in [0.2, 0.25) is 0 Å². The second-order valence-electron chi connectivity index (χ2n) is 6.37. The molecule has 0 aromatic heterocycles. The molecular weight excluding hydrogens is 264 g/mol. The van der Waals surface area contributed by atoms with Crippen LogP contribution in [0.15, 0.2) is 30.3 Å². The van der Waals surface area contributed by atoms with Crippen molar-refractivity contribution in [1.29, 1.82) is 0 Å². The monoisotopic (exact) mass is 288 g/mol. The molecule has 0 saturated carbocycles. The average Bonchev–Trinajstić information content (AvgIpc) is 3.02. The molecule has 4 nitrogen and oxygen atoms in total. The normalized spacial score (nSPS) is 31.1. The molecule has 4 atom stereocenters. The van der Waals surface area contributed by atoms with Crippen molar-refractivity contribution in [2.24, 2.45) is 11.8 Å². The number of methoxy groups -OCH3 is 1. The molecule has 2 fully saturated rings. The summed E-state index contributed by atoms with van der Waals surface area (Å²) in [7, 11) is 3.68. The predicted octanol–water partition coefficient (Wildman–Crippen LogP) is 1.78. The molecule has 2 aliphatic rings. The summed E-state index contributed by atoms with van der Waals surface area (Å²) >= 11 is 0. The Morgan fingerprint density at radius 3 is 2.62 bits per heavy atom. The maximum atomic E-state index is 11.8. The van der Waals surface area contributed by atoms with Gasteiger partial charge in [-0.2, -0.15) is 0 Å². The Morgan fingerprint density at radius 1 is 1.24 bits per heavy atom. The fourth-order valence-corrected chi connectivity index (χ4v) is 4.08. The number of carbonyl (C=O) groups excluding carboxylic acids is 1. The second-order valence-corrected chi connectivity index (χ2v) is 6.37. The van der Waals surface area contributed by atoms with Crippen molar-refractivity contribution in [3.63, 3.8) is 0 Å². The van der Waals surface area contributed by atoms with E-state index in [2.05, 4.69) is 47.2 Å². The van der Waals surface area contributed by atoms with Crippen molar-refractivity contribution in [2.75, 3.05) is 33.8 Å². The summed E-state index contributed by atoms with van der Waals surface area (Å²) < 4.78 is 4.89. The van der Waals surface area contributed by atoms with E-state index in [1.165, 1.54) is 12.7 Å². The summed E-state index contributed by atoms with van der Waals surface area (Å²) in [4.78, 5) is 16.5. The van der Waals surface area contributed by atoms with Crippen molar-refractivity contribution in [1.82, 2.24) is 9.80 Å². The van der Waals surface area contributed by atoms with Gasteiger partial charge in [0.1, 0.15) is 6.04 Å². The molecule has 0 aliphatic carbocycles. The average molecular weight is 288 g/mol. The lowest BCUT2D eigenvalue weighted by Gasteiger charge is -2.28. The Kier molecular flexibility index (Phi) is 4.00. The lowest BCUT2D eigenvalue weighted by atomic mass is 9.90. The van der Waals surface area contributed by atoms with Crippen LogP contribution in [0, 0.1) is 11.8 Å². The molecule has 0 amide bonds. The third-order valence-electron chi connectivity index (χ3n) is 5.15. The Morgan fingerprint density at radius 2 is 1.95 bits per heavy atom. The van der Waals surface area contributed by atoms with E-state index in [0.29, 0.717) is 17.9 Å². The number of hydrogen-bond acceptors (Lipinski definition) is 4. The van der Waals surface area contributed by atoms with Gasteiger partial charge in [0.25, 0.3) is 0 Å². The molecule has 3 rings (SSSR count). The van der Waals surface area contributed by atoms with Crippen LogP contribution in [0.5, 0.6) is 0 Å². The number of hydrogen-bond donors (Lipinski definition) is 0. The van der Waals surface area contributed by atoms with Crippen molar-refractivity contribution in [2.45, 2.75) is 19.0 Å². The van der Waals surface area contributed by atoms with Crippen LogP contribution in [0.25, 0.3) is 0 Å². The minimum Gasteiger partial charge on any atom is -0.468 e. The van der Waals surface area contributed by atoms with E-state index >= 15 is 0 Å². The van der Waals surface area contributed by atoms with Crippen LogP contribution in [-0.2, 0) is 9.53 Å². The van der Waals surface area contributed by atoms with Crippen LogP contribution in [-0.4, -0.2) is 55.6 Å². The standard InChI is InChI=1S/C17H24N2O2/c1-12(17(20)21-3)19-10-14-9-18(2)16(15(14)11-19)13-7-5-4-6-8-13/h4-8,12,14-16H,9-11H2,1-3H3/t12-,14-,15+,16+/m0/s1. The molecule has 0 radical (unpaired) electrons. The smallest absolute Gasteiger partial charge is 0.322 e. The zero-order valence-corrected chi connectivity index (χ0v) is 13.0. The Labute approximate surface area is 126 Å². The number of benzene rings is 1. The highest BCUT2D eigenvalue weighted by Crippen LogP contribution is 2.44. The number of ether oxygens (including phenoxy) is 1. The lowest BCUT2D eigenvalue weighted by molar-refractivity contribution is -0.146. The summed E-state index contributed by atoms with van der Waals surface area (Å²) in [5, 5.41) is 0. The van der Waals surface area contributed by atoms with Crippen LogP contribution in [0.1, 0.15) is 18.5 Å². The van der Waals surface area contributed by atoms with Crippen molar-refractivity contribution in [3.05, 3.63) is 35.9 Å². The summed E-state index contributed by atoms with van der Waals surface area (Å²) in [6.07, 6.45) is 0. The predicted molar refractivity (Wildman–Crippen MR) is 81.8 cm³/mol. The number of rotatable bonds is 3. The number of esters is 1. The van der Waals surface area contributed by atoms with E-state index in [9.17, 15) is 4.79 Å². The van der Waals surface area contributed by atoms with Crippen LogP contribution >= 0.6 is 0 Å². The molecule has 1 aromatic rings. The molecular formula is C17H24N2O2. The third kappa shape index (κ3) is 2.58. The highest BCUT2D eigenvalue weighted by molar-refractivity contribution is 5.75. The van der Waals surface area contributed by atoms with Gasteiger partial charge in [-0.1, -0.05) is 30.3 Å². The Balaban J connectivity index is 1.76. The molecule has 114 valence electrons. The van der Waals surface area contributed by atoms with Crippen molar-refractivity contribution >= 4 is 5.97 Å². The first kappa shape index (κ1) is 14.5. The largest absolute Gasteiger partial charge is 0.468 e. The highest BCUT2D eigenvalue weighted by atomic mass is 16.5. The Hall–Kier alpha value is -1.39. The first-order chi connectivity index (χ1) is 10.1. The fraction of sp³-hybridized carbons (Fsp3) is 0.588. The molecule has 0 bridgehead atoms. The summed E-state index contributed by atoms with van der Waals surface area (Å²) in [6, 6.07) is 11.1. The maximum Gasteiger partial charge on any atom is 0.322 e. The minimum atomic E-state index is -0.137. The quantitative estimate of drug-likeness (QED) is 0.794. The molecule has 4 heteroatoms. The van der Waals surface area contributed by atoms with Gasteiger partial charge in [-0.25, -0.2) is 0 Å². The number of fused-ring (bicyclic) bond motifs is 1. The van der Waals surface area contributed by atoms with Gasteiger partial charge in [-0.3, -0.25) is 14.6 Å². The first-order valence-corrected chi connectivity index (χ1v) is 7.69. The van der Waals surface area contributed by atoms with E-state index in [-0.39, 0.29) is 12.0 Å². The van der Waals surface area contributed by atoms with Gasteiger partial charge >= 0.3 is 5.97 Å². The van der Waals surface area contributed by atoms with E-state index < -0.39 is 0 Å². The number of nitrogens with zero attached hydrogens (tertiary/aromatic N) is 2.